The minimum absolute atomic E-state index is 0.433. The molecule has 0 amide bonds. The van der Waals surface area contributed by atoms with E-state index < -0.39 is 11.4 Å². The number of carboxylic acid groups (broad SMARTS) is 1. The van der Waals surface area contributed by atoms with Crippen molar-refractivity contribution < 1.29 is 9.90 Å². The summed E-state index contributed by atoms with van der Waals surface area (Å²) >= 11 is 5.87. The molecule has 1 atom stereocenters. The average molecular weight is 289 g/mol. The lowest BCUT2D eigenvalue weighted by Gasteiger charge is -2.26. The second kappa shape index (κ2) is 5.68. The van der Waals surface area contributed by atoms with E-state index in [1.807, 2.05) is 43.3 Å². The van der Waals surface area contributed by atoms with Crippen LogP contribution in [0.2, 0.25) is 5.02 Å². The zero-order valence-electron chi connectivity index (χ0n) is 11.6. The molecule has 0 bridgehead atoms. The Morgan fingerprint density at radius 2 is 1.85 bits per heavy atom. The molecule has 0 aromatic heterocycles. The highest BCUT2D eigenvalue weighted by atomic mass is 35.5. The molecule has 0 spiro atoms. The van der Waals surface area contributed by atoms with Crippen molar-refractivity contribution in [2.24, 2.45) is 0 Å². The van der Waals surface area contributed by atoms with Crippen LogP contribution >= 0.6 is 11.6 Å². The van der Waals surface area contributed by atoms with E-state index in [1.54, 1.807) is 19.1 Å². The molecule has 1 N–H and O–H groups in total. The first-order valence-corrected chi connectivity index (χ1v) is 6.84. The number of hydrogen-bond acceptors (Lipinski definition) is 1. The highest BCUT2D eigenvalue weighted by molar-refractivity contribution is 6.30. The fourth-order valence-corrected chi connectivity index (χ4v) is 2.43. The average Bonchev–Trinajstić information content (AvgIpc) is 2.41. The first-order valence-electron chi connectivity index (χ1n) is 6.47. The van der Waals surface area contributed by atoms with Crippen LogP contribution in [0.15, 0.2) is 48.5 Å². The zero-order chi connectivity index (χ0) is 14.8. The Morgan fingerprint density at radius 3 is 2.40 bits per heavy atom. The molecule has 0 saturated carbocycles. The van der Waals surface area contributed by atoms with Crippen molar-refractivity contribution in [3.05, 3.63) is 70.2 Å². The zero-order valence-corrected chi connectivity index (χ0v) is 12.3. The van der Waals surface area contributed by atoms with Crippen LogP contribution in [0.1, 0.15) is 23.6 Å². The molecule has 1 unspecified atom stereocenters. The summed E-state index contributed by atoms with van der Waals surface area (Å²) in [6.45, 7) is 3.73. The van der Waals surface area contributed by atoms with E-state index in [-0.39, 0.29) is 0 Å². The van der Waals surface area contributed by atoms with Gasteiger partial charge in [-0.15, -0.1) is 0 Å². The van der Waals surface area contributed by atoms with E-state index in [1.165, 1.54) is 0 Å². The van der Waals surface area contributed by atoms with E-state index in [4.69, 9.17) is 11.6 Å². The summed E-state index contributed by atoms with van der Waals surface area (Å²) in [5, 5.41) is 10.3. The van der Waals surface area contributed by atoms with Crippen molar-refractivity contribution in [3.63, 3.8) is 0 Å². The van der Waals surface area contributed by atoms with Gasteiger partial charge in [0.1, 0.15) is 0 Å². The fourth-order valence-electron chi connectivity index (χ4n) is 2.30. The number of halogens is 1. The number of hydrogen-bond donors (Lipinski definition) is 1. The van der Waals surface area contributed by atoms with Gasteiger partial charge < -0.3 is 5.11 Å². The molecule has 0 saturated heterocycles. The lowest BCUT2D eigenvalue weighted by molar-refractivity contribution is -0.143. The van der Waals surface area contributed by atoms with E-state index in [9.17, 15) is 9.90 Å². The molecule has 0 aliphatic heterocycles. The van der Waals surface area contributed by atoms with Crippen molar-refractivity contribution >= 4 is 17.6 Å². The summed E-state index contributed by atoms with van der Waals surface area (Å²) < 4.78 is 0. The number of aryl methyl sites for hydroxylation is 1. The Balaban J connectivity index is 2.39. The van der Waals surface area contributed by atoms with Crippen LogP contribution < -0.4 is 0 Å². The van der Waals surface area contributed by atoms with Gasteiger partial charge >= 0.3 is 5.97 Å². The summed E-state index contributed by atoms with van der Waals surface area (Å²) in [4.78, 5) is 11.8. The fraction of sp³-hybridized carbons (Fsp3) is 0.235. The molecule has 2 aromatic carbocycles. The van der Waals surface area contributed by atoms with Crippen LogP contribution in [0.25, 0.3) is 0 Å². The van der Waals surface area contributed by atoms with Crippen molar-refractivity contribution in [3.8, 4) is 0 Å². The Kier molecular flexibility index (Phi) is 4.15. The summed E-state index contributed by atoms with van der Waals surface area (Å²) in [5.74, 6) is -0.821. The van der Waals surface area contributed by atoms with Gasteiger partial charge in [0.25, 0.3) is 0 Å². The quantitative estimate of drug-likeness (QED) is 0.914. The van der Waals surface area contributed by atoms with Gasteiger partial charge in [-0.3, -0.25) is 4.79 Å². The summed E-state index contributed by atoms with van der Waals surface area (Å²) in [5.41, 5.74) is 1.90. The van der Waals surface area contributed by atoms with Gasteiger partial charge in [-0.2, -0.15) is 0 Å². The molecule has 2 aromatic rings. The van der Waals surface area contributed by atoms with Gasteiger partial charge in [0.15, 0.2) is 0 Å². The van der Waals surface area contributed by atoms with E-state index >= 15 is 0 Å². The number of carbonyl (C=O) groups is 1. The maximum atomic E-state index is 11.8. The molecule has 2 rings (SSSR count). The summed E-state index contributed by atoms with van der Waals surface area (Å²) in [6, 6.07) is 15.0. The predicted octanol–water partition coefficient (Wildman–Crippen LogP) is 4.23. The first kappa shape index (κ1) is 14.6. The number of carboxylic acids is 1. The standard InChI is InChI=1S/C17H17ClO2/c1-12-4-3-5-14(10-12)17(2,16(19)20)11-13-6-8-15(18)9-7-13/h3-10H,11H2,1-2H3,(H,19,20). The van der Waals surface area contributed by atoms with Crippen molar-refractivity contribution in [1.82, 2.24) is 0 Å². The van der Waals surface area contributed by atoms with E-state index in [0.29, 0.717) is 11.4 Å². The van der Waals surface area contributed by atoms with Crippen molar-refractivity contribution in [2.45, 2.75) is 25.7 Å². The van der Waals surface area contributed by atoms with E-state index in [0.717, 1.165) is 16.7 Å². The van der Waals surface area contributed by atoms with Crippen LogP contribution in [0.4, 0.5) is 0 Å². The van der Waals surface area contributed by atoms with Gasteiger partial charge in [0.2, 0.25) is 0 Å². The SMILES string of the molecule is Cc1cccc(C(C)(Cc2ccc(Cl)cc2)C(=O)O)c1. The topological polar surface area (TPSA) is 37.3 Å². The third-order valence-electron chi connectivity index (χ3n) is 3.60. The Hall–Kier alpha value is -1.80. The van der Waals surface area contributed by atoms with Crippen LogP contribution in [0.3, 0.4) is 0 Å². The number of benzene rings is 2. The number of aliphatic carboxylic acids is 1. The summed E-state index contributed by atoms with van der Waals surface area (Å²) in [6.07, 6.45) is 0.433. The van der Waals surface area contributed by atoms with Gasteiger partial charge in [0, 0.05) is 5.02 Å². The van der Waals surface area contributed by atoms with Crippen molar-refractivity contribution in [1.29, 1.82) is 0 Å². The molecule has 0 aliphatic rings. The lowest BCUT2D eigenvalue weighted by atomic mass is 9.77. The first-order chi connectivity index (χ1) is 9.41. The molecular weight excluding hydrogens is 272 g/mol. The molecular formula is C17H17ClO2. The normalized spacial score (nSPS) is 13.8. The van der Waals surface area contributed by atoms with E-state index in [2.05, 4.69) is 0 Å². The molecule has 3 heteroatoms. The van der Waals surface area contributed by atoms with Crippen LogP contribution in [-0.2, 0) is 16.6 Å². The monoisotopic (exact) mass is 288 g/mol. The third kappa shape index (κ3) is 3.02. The smallest absolute Gasteiger partial charge is 0.314 e. The van der Waals surface area contributed by atoms with Crippen LogP contribution in [0.5, 0.6) is 0 Å². The minimum Gasteiger partial charge on any atom is -0.481 e. The maximum Gasteiger partial charge on any atom is 0.314 e. The highest BCUT2D eigenvalue weighted by Gasteiger charge is 2.35. The Labute approximate surface area is 124 Å². The number of rotatable bonds is 4. The molecule has 2 nitrogen and oxygen atoms in total. The van der Waals surface area contributed by atoms with Gasteiger partial charge in [-0.1, -0.05) is 53.6 Å². The summed E-state index contributed by atoms with van der Waals surface area (Å²) in [7, 11) is 0. The molecule has 104 valence electrons. The van der Waals surface area contributed by atoms with Crippen molar-refractivity contribution in [2.75, 3.05) is 0 Å². The third-order valence-corrected chi connectivity index (χ3v) is 3.85. The Morgan fingerprint density at radius 1 is 1.20 bits per heavy atom. The molecule has 0 heterocycles. The molecule has 20 heavy (non-hydrogen) atoms. The molecule has 0 aliphatic carbocycles. The Bertz CT molecular complexity index is 619. The second-order valence-electron chi connectivity index (χ2n) is 5.31. The highest BCUT2D eigenvalue weighted by Crippen LogP contribution is 2.29. The van der Waals surface area contributed by atoms with Gasteiger partial charge in [0.05, 0.1) is 5.41 Å². The van der Waals surface area contributed by atoms with Crippen LogP contribution in [0, 0.1) is 6.92 Å². The second-order valence-corrected chi connectivity index (χ2v) is 5.75. The molecule has 0 radical (unpaired) electrons. The minimum atomic E-state index is -0.945. The van der Waals surface area contributed by atoms with Gasteiger partial charge in [-0.05, 0) is 43.5 Å². The predicted molar refractivity (Wildman–Crippen MR) is 81.3 cm³/mol. The maximum absolute atomic E-state index is 11.8. The van der Waals surface area contributed by atoms with Crippen LogP contribution in [-0.4, -0.2) is 11.1 Å². The van der Waals surface area contributed by atoms with Gasteiger partial charge in [-0.25, -0.2) is 0 Å². The largest absolute Gasteiger partial charge is 0.481 e. The molecule has 0 fully saturated rings. The lowest BCUT2D eigenvalue weighted by Crippen LogP contribution is -2.34.